The number of rotatable bonds is 6. The van der Waals surface area contributed by atoms with Gasteiger partial charge < -0.3 is 30.1 Å². The Labute approximate surface area is 198 Å². The zero-order valence-corrected chi connectivity index (χ0v) is 19.2. The molecule has 180 valence electrons. The monoisotopic (exact) mass is 467 g/mol. The van der Waals surface area contributed by atoms with Gasteiger partial charge in [-0.05, 0) is 31.0 Å². The number of hydrogen-bond acceptors (Lipinski definition) is 5. The number of nitrogens with zero attached hydrogens (tertiary/aromatic N) is 1. The first kappa shape index (κ1) is 23.6. The van der Waals surface area contributed by atoms with Gasteiger partial charge in [-0.2, -0.15) is 0 Å². The van der Waals surface area contributed by atoms with Gasteiger partial charge in [-0.15, -0.1) is 0 Å². The summed E-state index contributed by atoms with van der Waals surface area (Å²) in [5.74, 6) is -0.243. The van der Waals surface area contributed by atoms with Crippen molar-refractivity contribution < 1.29 is 29.0 Å². The molecule has 0 spiro atoms. The van der Waals surface area contributed by atoms with Gasteiger partial charge in [-0.3, -0.25) is 9.59 Å². The van der Waals surface area contributed by atoms with Crippen LogP contribution in [0.4, 0.5) is 4.79 Å². The molecule has 2 aliphatic rings. The second kappa shape index (κ2) is 10.1. The lowest BCUT2D eigenvalue weighted by Crippen LogP contribution is -2.46. The fraction of sp³-hybridized carbons (Fsp3) is 0.400. The maximum Gasteiger partial charge on any atom is 0.407 e. The molecule has 0 radical (unpaired) electrons. The van der Waals surface area contributed by atoms with Crippen LogP contribution in [0.5, 0.6) is 5.75 Å². The Bertz CT molecular complexity index is 1070. The first-order chi connectivity index (χ1) is 16.4. The summed E-state index contributed by atoms with van der Waals surface area (Å²) in [6.45, 7) is 3.23. The van der Waals surface area contributed by atoms with Gasteiger partial charge >= 0.3 is 6.09 Å². The van der Waals surface area contributed by atoms with Crippen molar-refractivity contribution in [2.75, 3.05) is 33.3 Å². The predicted octanol–water partition coefficient (Wildman–Crippen LogP) is 2.46. The number of carbonyl (C=O) groups is 3. The molecule has 2 heterocycles. The lowest BCUT2D eigenvalue weighted by molar-refractivity contribution is -0.0247. The Morgan fingerprint density at radius 3 is 2.62 bits per heavy atom. The molecule has 2 aromatic carbocycles. The second-order valence-electron chi connectivity index (χ2n) is 8.50. The summed E-state index contributed by atoms with van der Waals surface area (Å²) in [5.41, 5.74) is 2.54. The van der Waals surface area contributed by atoms with Crippen molar-refractivity contribution in [3.63, 3.8) is 0 Å². The summed E-state index contributed by atoms with van der Waals surface area (Å²) in [7, 11) is 1.54. The number of carboxylic acid groups (broad SMARTS) is 1. The van der Waals surface area contributed by atoms with E-state index in [0.717, 1.165) is 11.1 Å². The number of nitrogens with one attached hydrogen (secondary N) is 2. The van der Waals surface area contributed by atoms with Crippen LogP contribution in [0.2, 0.25) is 0 Å². The molecule has 2 aromatic rings. The van der Waals surface area contributed by atoms with Crippen LogP contribution in [0.15, 0.2) is 42.5 Å². The van der Waals surface area contributed by atoms with Gasteiger partial charge in [0.1, 0.15) is 11.9 Å². The minimum absolute atomic E-state index is 0.106. The fourth-order valence-corrected chi connectivity index (χ4v) is 4.58. The summed E-state index contributed by atoms with van der Waals surface area (Å²) in [5, 5.41) is 14.7. The topological polar surface area (TPSA) is 117 Å². The fourth-order valence-electron chi connectivity index (χ4n) is 4.58. The normalized spacial score (nSPS) is 21.4. The smallest absolute Gasteiger partial charge is 0.407 e. The van der Waals surface area contributed by atoms with E-state index in [4.69, 9.17) is 14.6 Å². The van der Waals surface area contributed by atoms with Crippen LogP contribution in [-0.4, -0.2) is 73.4 Å². The van der Waals surface area contributed by atoms with E-state index in [2.05, 4.69) is 10.6 Å². The van der Waals surface area contributed by atoms with Crippen molar-refractivity contribution in [2.45, 2.75) is 31.5 Å². The van der Waals surface area contributed by atoms with Crippen molar-refractivity contribution in [3.8, 4) is 5.75 Å². The Hall–Kier alpha value is -3.59. The van der Waals surface area contributed by atoms with Gasteiger partial charge in [0, 0.05) is 37.2 Å². The highest BCUT2D eigenvalue weighted by Crippen LogP contribution is 2.44. The zero-order valence-electron chi connectivity index (χ0n) is 19.2. The van der Waals surface area contributed by atoms with Crippen molar-refractivity contribution in [1.82, 2.24) is 15.5 Å². The highest BCUT2D eigenvalue weighted by Gasteiger charge is 2.36. The lowest BCUT2D eigenvalue weighted by atomic mass is 9.87. The van der Waals surface area contributed by atoms with Gasteiger partial charge in [0.15, 0.2) is 0 Å². The molecule has 0 saturated carbocycles. The molecule has 1 fully saturated rings. The predicted molar refractivity (Wildman–Crippen MR) is 124 cm³/mol. The number of morpholine rings is 1. The van der Waals surface area contributed by atoms with Crippen LogP contribution in [-0.2, 0) is 4.74 Å². The molecule has 3 amide bonds. The number of fused-ring (bicyclic) bond motifs is 1. The summed E-state index contributed by atoms with van der Waals surface area (Å²) in [6.07, 6.45) is -0.958. The minimum Gasteiger partial charge on any atom is -0.489 e. The van der Waals surface area contributed by atoms with E-state index >= 15 is 0 Å². The van der Waals surface area contributed by atoms with E-state index < -0.39 is 6.09 Å². The highest BCUT2D eigenvalue weighted by atomic mass is 16.5. The van der Waals surface area contributed by atoms with Gasteiger partial charge in [0.25, 0.3) is 11.8 Å². The average Bonchev–Trinajstić information content (AvgIpc) is 3.19. The third-order valence-corrected chi connectivity index (χ3v) is 6.28. The molecule has 9 nitrogen and oxygen atoms in total. The molecular formula is C25H29N3O6. The SMILES string of the molecule is CNC(=O)c1cc(C(=O)NCCC2CN(C(=O)O)CCO2)cc2c1O[C@H](C)[C@H]2c1ccccc1. The van der Waals surface area contributed by atoms with E-state index in [1.54, 1.807) is 19.2 Å². The van der Waals surface area contributed by atoms with Gasteiger partial charge in [-0.25, -0.2) is 4.79 Å². The molecule has 4 rings (SSSR count). The van der Waals surface area contributed by atoms with Gasteiger partial charge in [0.05, 0.1) is 24.8 Å². The first-order valence-corrected chi connectivity index (χ1v) is 11.4. The summed E-state index contributed by atoms with van der Waals surface area (Å²) < 4.78 is 11.7. The van der Waals surface area contributed by atoms with E-state index in [-0.39, 0.29) is 36.5 Å². The number of benzene rings is 2. The molecule has 9 heteroatoms. The number of carbonyl (C=O) groups excluding carboxylic acids is 2. The second-order valence-corrected chi connectivity index (χ2v) is 8.50. The molecule has 34 heavy (non-hydrogen) atoms. The molecule has 2 aliphatic heterocycles. The quantitative estimate of drug-likeness (QED) is 0.601. The molecule has 0 aromatic heterocycles. The Kier molecular flexibility index (Phi) is 7.02. The largest absolute Gasteiger partial charge is 0.489 e. The summed E-state index contributed by atoms with van der Waals surface area (Å²) in [4.78, 5) is 38.1. The molecule has 3 N–H and O–H groups in total. The van der Waals surface area contributed by atoms with E-state index in [1.807, 2.05) is 37.3 Å². The maximum absolute atomic E-state index is 13.0. The van der Waals surface area contributed by atoms with E-state index in [1.165, 1.54) is 4.90 Å². The van der Waals surface area contributed by atoms with Crippen LogP contribution in [0, 0.1) is 0 Å². The Balaban J connectivity index is 1.53. The zero-order chi connectivity index (χ0) is 24.2. The maximum atomic E-state index is 13.0. The Morgan fingerprint density at radius 2 is 1.91 bits per heavy atom. The third-order valence-electron chi connectivity index (χ3n) is 6.28. The summed E-state index contributed by atoms with van der Waals surface area (Å²) in [6, 6.07) is 13.2. The van der Waals surface area contributed by atoms with Crippen molar-refractivity contribution in [1.29, 1.82) is 0 Å². The standard InChI is InChI=1S/C25H29N3O6/c1-15-21(16-6-4-3-5-7-16)19-12-17(13-20(22(19)34-15)24(30)26-2)23(29)27-9-8-18-14-28(25(31)32)10-11-33-18/h3-7,12-13,15,18,21H,8-11,14H2,1-2H3,(H,26,30)(H,27,29)(H,31,32)/t15-,18?,21+/m1/s1. The van der Waals surface area contributed by atoms with Gasteiger partial charge in [0.2, 0.25) is 0 Å². The van der Waals surface area contributed by atoms with E-state index in [9.17, 15) is 14.4 Å². The third kappa shape index (κ3) is 4.84. The van der Waals surface area contributed by atoms with Crippen molar-refractivity contribution in [3.05, 3.63) is 64.7 Å². The number of ether oxygens (including phenoxy) is 2. The number of hydrogen-bond donors (Lipinski definition) is 3. The molecule has 3 atom stereocenters. The van der Waals surface area contributed by atoms with Crippen molar-refractivity contribution >= 4 is 17.9 Å². The van der Waals surface area contributed by atoms with Crippen LogP contribution in [0.1, 0.15) is 51.1 Å². The van der Waals surface area contributed by atoms with Crippen LogP contribution in [0.25, 0.3) is 0 Å². The first-order valence-electron chi connectivity index (χ1n) is 11.4. The molecular weight excluding hydrogens is 438 g/mol. The van der Waals surface area contributed by atoms with Crippen LogP contribution < -0.4 is 15.4 Å². The molecule has 1 unspecified atom stereocenters. The Morgan fingerprint density at radius 1 is 1.15 bits per heavy atom. The van der Waals surface area contributed by atoms with Crippen LogP contribution >= 0.6 is 0 Å². The van der Waals surface area contributed by atoms with Gasteiger partial charge in [-0.1, -0.05) is 30.3 Å². The molecule has 0 aliphatic carbocycles. The number of amides is 3. The molecule has 1 saturated heterocycles. The van der Waals surface area contributed by atoms with Crippen molar-refractivity contribution in [2.24, 2.45) is 0 Å². The van der Waals surface area contributed by atoms with E-state index in [0.29, 0.717) is 43.0 Å². The molecule has 0 bridgehead atoms. The lowest BCUT2D eigenvalue weighted by Gasteiger charge is -2.31. The van der Waals surface area contributed by atoms with Crippen LogP contribution in [0.3, 0.4) is 0 Å². The highest BCUT2D eigenvalue weighted by molar-refractivity contribution is 6.02. The average molecular weight is 468 g/mol. The minimum atomic E-state index is -0.971. The summed E-state index contributed by atoms with van der Waals surface area (Å²) >= 11 is 0.